The Morgan fingerprint density at radius 1 is 1.32 bits per heavy atom. The minimum Gasteiger partial charge on any atom is -0.369 e. The molecule has 0 bridgehead atoms. The largest absolute Gasteiger partial charge is 0.369 e. The molecule has 0 saturated carbocycles. The number of anilines is 1. The number of hydrogen-bond donors (Lipinski definition) is 2. The molecule has 1 aromatic carbocycles. The van der Waals surface area contributed by atoms with E-state index in [1.807, 2.05) is 55.5 Å². The number of nitriles is 1. The summed E-state index contributed by atoms with van der Waals surface area (Å²) in [5.74, 6) is 0.872. The van der Waals surface area contributed by atoms with Crippen molar-refractivity contribution in [1.82, 2.24) is 14.7 Å². The molecular weight excluding hydrogens is 314 g/mol. The normalized spacial score (nSPS) is 11.0. The molecule has 0 saturated heterocycles. The lowest BCUT2D eigenvalue weighted by Gasteiger charge is -2.13. The van der Waals surface area contributed by atoms with Crippen LogP contribution in [0.25, 0.3) is 16.7 Å². The maximum absolute atomic E-state index is 11.6. The Balaban J connectivity index is 1.95. The number of carbonyl (C=O) groups is 1. The Labute approximate surface area is 146 Å². The maximum atomic E-state index is 11.6. The molecule has 0 spiro atoms. The van der Waals surface area contributed by atoms with Gasteiger partial charge in [0.1, 0.15) is 11.9 Å². The second-order valence-electron chi connectivity index (χ2n) is 6.33. The SMILES string of the molecule is Cc1cc(NCCNC(=O)C(C)C)n2c(nc3ccccc32)c1C#N. The fourth-order valence-corrected chi connectivity index (χ4v) is 2.80. The number of aromatic nitrogens is 2. The third-order valence-corrected chi connectivity index (χ3v) is 4.14. The van der Waals surface area contributed by atoms with Crippen LogP contribution in [0.2, 0.25) is 0 Å². The van der Waals surface area contributed by atoms with E-state index in [1.165, 1.54) is 0 Å². The summed E-state index contributed by atoms with van der Waals surface area (Å²) in [7, 11) is 0. The number of nitrogens with zero attached hydrogens (tertiary/aromatic N) is 3. The summed E-state index contributed by atoms with van der Waals surface area (Å²) < 4.78 is 1.96. The number of pyridine rings is 1. The van der Waals surface area contributed by atoms with Crippen LogP contribution in [0, 0.1) is 24.2 Å². The number of nitrogens with one attached hydrogen (secondary N) is 2. The Morgan fingerprint density at radius 3 is 2.80 bits per heavy atom. The molecule has 0 aliphatic rings. The third-order valence-electron chi connectivity index (χ3n) is 4.14. The molecule has 3 rings (SSSR count). The predicted molar refractivity (Wildman–Crippen MR) is 98.5 cm³/mol. The van der Waals surface area contributed by atoms with Gasteiger partial charge in [0, 0.05) is 19.0 Å². The number of imidazole rings is 1. The quantitative estimate of drug-likeness (QED) is 0.703. The molecular formula is C19H21N5O. The first-order chi connectivity index (χ1) is 12.0. The highest BCUT2D eigenvalue weighted by molar-refractivity contribution is 5.85. The predicted octanol–water partition coefficient (Wildman–Crippen LogP) is 2.85. The average Bonchev–Trinajstić information content (AvgIpc) is 2.97. The monoisotopic (exact) mass is 335 g/mol. The van der Waals surface area contributed by atoms with Crippen LogP contribution < -0.4 is 10.6 Å². The molecule has 0 unspecified atom stereocenters. The van der Waals surface area contributed by atoms with Crippen LogP contribution in [-0.2, 0) is 4.79 Å². The van der Waals surface area contributed by atoms with E-state index in [0.717, 1.165) is 22.4 Å². The molecule has 25 heavy (non-hydrogen) atoms. The van der Waals surface area contributed by atoms with Gasteiger partial charge in [-0.25, -0.2) is 4.98 Å². The van der Waals surface area contributed by atoms with E-state index in [0.29, 0.717) is 24.3 Å². The Kier molecular flexibility index (Phi) is 4.57. The third kappa shape index (κ3) is 3.13. The minimum absolute atomic E-state index is 0.0264. The lowest BCUT2D eigenvalue weighted by molar-refractivity contribution is -0.123. The minimum atomic E-state index is -0.0264. The lowest BCUT2D eigenvalue weighted by atomic mass is 10.1. The van der Waals surface area contributed by atoms with Gasteiger partial charge < -0.3 is 10.6 Å². The summed E-state index contributed by atoms with van der Waals surface area (Å²) in [6.45, 7) is 6.76. The summed E-state index contributed by atoms with van der Waals surface area (Å²) >= 11 is 0. The van der Waals surface area contributed by atoms with Crippen LogP contribution >= 0.6 is 0 Å². The summed E-state index contributed by atoms with van der Waals surface area (Å²) in [5.41, 5.74) is 3.90. The summed E-state index contributed by atoms with van der Waals surface area (Å²) in [6.07, 6.45) is 0. The van der Waals surface area contributed by atoms with Gasteiger partial charge >= 0.3 is 0 Å². The van der Waals surface area contributed by atoms with Gasteiger partial charge in [-0.15, -0.1) is 0 Å². The second-order valence-corrected chi connectivity index (χ2v) is 6.33. The van der Waals surface area contributed by atoms with Crippen molar-refractivity contribution in [2.75, 3.05) is 18.4 Å². The van der Waals surface area contributed by atoms with Crippen LogP contribution in [0.5, 0.6) is 0 Å². The van der Waals surface area contributed by atoms with Crippen LogP contribution in [0.15, 0.2) is 30.3 Å². The number of fused-ring (bicyclic) bond motifs is 3. The van der Waals surface area contributed by atoms with Crippen molar-refractivity contribution in [3.63, 3.8) is 0 Å². The van der Waals surface area contributed by atoms with Gasteiger partial charge in [0.15, 0.2) is 5.65 Å². The van der Waals surface area contributed by atoms with Gasteiger partial charge in [-0.3, -0.25) is 9.20 Å². The molecule has 6 heteroatoms. The highest BCUT2D eigenvalue weighted by Crippen LogP contribution is 2.26. The average molecular weight is 335 g/mol. The van der Waals surface area contributed by atoms with E-state index >= 15 is 0 Å². The maximum Gasteiger partial charge on any atom is 0.222 e. The van der Waals surface area contributed by atoms with Crippen LogP contribution in [0.3, 0.4) is 0 Å². The molecule has 3 aromatic rings. The Morgan fingerprint density at radius 2 is 2.08 bits per heavy atom. The number of carbonyl (C=O) groups excluding carboxylic acids is 1. The van der Waals surface area contributed by atoms with Crippen molar-refractivity contribution < 1.29 is 4.79 Å². The van der Waals surface area contributed by atoms with Gasteiger partial charge in [0.2, 0.25) is 5.91 Å². The first-order valence-electron chi connectivity index (χ1n) is 8.35. The fourth-order valence-electron chi connectivity index (χ4n) is 2.80. The smallest absolute Gasteiger partial charge is 0.222 e. The molecule has 2 heterocycles. The molecule has 0 aliphatic heterocycles. The molecule has 1 amide bonds. The molecule has 0 aliphatic carbocycles. The van der Waals surface area contributed by atoms with E-state index in [-0.39, 0.29) is 11.8 Å². The summed E-state index contributed by atoms with van der Waals surface area (Å²) in [4.78, 5) is 16.3. The van der Waals surface area contributed by atoms with Crippen molar-refractivity contribution in [3.05, 3.63) is 41.5 Å². The van der Waals surface area contributed by atoms with E-state index in [2.05, 4.69) is 21.7 Å². The van der Waals surface area contributed by atoms with E-state index in [9.17, 15) is 10.1 Å². The molecule has 0 atom stereocenters. The van der Waals surface area contributed by atoms with Gasteiger partial charge in [-0.05, 0) is 30.7 Å². The van der Waals surface area contributed by atoms with Gasteiger partial charge in [-0.1, -0.05) is 26.0 Å². The number of amides is 1. The topological polar surface area (TPSA) is 82.2 Å². The van der Waals surface area contributed by atoms with Gasteiger partial charge in [-0.2, -0.15) is 5.26 Å². The summed E-state index contributed by atoms with van der Waals surface area (Å²) in [6, 6.07) is 12.0. The highest BCUT2D eigenvalue weighted by Gasteiger charge is 2.14. The summed E-state index contributed by atoms with van der Waals surface area (Å²) in [5, 5.41) is 15.7. The number of benzene rings is 1. The van der Waals surface area contributed by atoms with Crippen LogP contribution in [-0.4, -0.2) is 28.4 Å². The van der Waals surface area contributed by atoms with E-state index < -0.39 is 0 Å². The van der Waals surface area contributed by atoms with E-state index in [1.54, 1.807) is 0 Å². The molecule has 2 N–H and O–H groups in total. The zero-order valence-corrected chi connectivity index (χ0v) is 14.6. The van der Waals surface area contributed by atoms with Crippen molar-refractivity contribution in [2.24, 2.45) is 5.92 Å². The molecule has 2 aromatic heterocycles. The van der Waals surface area contributed by atoms with Crippen molar-refractivity contribution in [3.8, 4) is 6.07 Å². The van der Waals surface area contributed by atoms with Crippen molar-refractivity contribution in [2.45, 2.75) is 20.8 Å². The fraction of sp³-hybridized carbons (Fsp3) is 0.316. The number of para-hydroxylation sites is 2. The highest BCUT2D eigenvalue weighted by atomic mass is 16.1. The molecule has 0 radical (unpaired) electrons. The number of aryl methyl sites for hydroxylation is 1. The standard InChI is InChI=1S/C19H21N5O/c1-12(2)19(25)22-9-8-21-17-10-13(3)14(11-20)18-23-15-6-4-5-7-16(15)24(17)18/h4-7,10,12,21H,8-9H2,1-3H3,(H,22,25). The van der Waals surface area contributed by atoms with Gasteiger partial charge in [0.25, 0.3) is 0 Å². The van der Waals surface area contributed by atoms with E-state index in [4.69, 9.17) is 0 Å². The first kappa shape index (κ1) is 16.8. The second kappa shape index (κ2) is 6.81. The Hall–Kier alpha value is -3.07. The number of hydrogen-bond acceptors (Lipinski definition) is 4. The Bertz CT molecular complexity index is 981. The van der Waals surface area contributed by atoms with Crippen molar-refractivity contribution in [1.29, 1.82) is 5.26 Å². The van der Waals surface area contributed by atoms with Crippen LogP contribution in [0.4, 0.5) is 5.82 Å². The lowest BCUT2D eigenvalue weighted by Crippen LogP contribution is -2.32. The van der Waals surface area contributed by atoms with Crippen LogP contribution in [0.1, 0.15) is 25.0 Å². The zero-order chi connectivity index (χ0) is 18.0. The van der Waals surface area contributed by atoms with Crippen molar-refractivity contribution >= 4 is 28.4 Å². The molecule has 0 fully saturated rings. The first-order valence-corrected chi connectivity index (χ1v) is 8.35. The number of rotatable bonds is 5. The zero-order valence-electron chi connectivity index (χ0n) is 14.6. The van der Waals surface area contributed by atoms with Gasteiger partial charge in [0.05, 0.1) is 16.6 Å². The molecule has 6 nitrogen and oxygen atoms in total. The molecule has 128 valence electrons.